The van der Waals surface area contributed by atoms with Crippen molar-refractivity contribution < 1.29 is 5.11 Å². The van der Waals surface area contributed by atoms with Gasteiger partial charge in [-0.15, -0.1) is 0 Å². The van der Waals surface area contributed by atoms with Gasteiger partial charge in [-0.3, -0.25) is 0 Å². The quantitative estimate of drug-likeness (QED) is 0.572. The van der Waals surface area contributed by atoms with Crippen molar-refractivity contribution in [3.63, 3.8) is 0 Å². The molecule has 0 aliphatic carbocycles. The average molecular weight is 186 g/mol. The topological polar surface area (TPSA) is 20.2 Å². The van der Waals surface area contributed by atoms with Gasteiger partial charge in [0.2, 0.25) is 0 Å². The first kappa shape index (κ1) is 13.0. The molecule has 0 aromatic carbocycles. The monoisotopic (exact) mass is 186 g/mol. The Hall–Kier alpha value is -0.0400. The van der Waals surface area contributed by atoms with Crippen LogP contribution in [-0.2, 0) is 0 Å². The van der Waals surface area contributed by atoms with E-state index in [-0.39, 0.29) is 6.10 Å². The summed E-state index contributed by atoms with van der Waals surface area (Å²) in [6, 6.07) is 0. The highest BCUT2D eigenvalue weighted by Gasteiger charge is 2.06. The van der Waals surface area contributed by atoms with Crippen molar-refractivity contribution in [2.45, 2.75) is 71.8 Å². The van der Waals surface area contributed by atoms with E-state index >= 15 is 0 Å². The normalized spacial score (nSPS) is 15.7. The zero-order valence-electron chi connectivity index (χ0n) is 9.55. The Labute approximate surface area is 83.5 Å². The lowest BCUT2D eigenvalue weighted by Crippen LogP contribution is -2.08. The Morgan fingerprint density at radius 1 is 1.00 bits per heavy atom. The minimum Gasteiger partial charge on any atom is -0.393 e. The predicted molar refractivity (Wildman–Crippen MR) is 58.8 cm³/mol. The van der Waals surface area contributed by atoms with Crippen LogP contribution < -0.4 is 0 Å². The first-order valence-electron chi connectivity index (χ1n) is 5.88. The average Bonchev–Trinajstić information content (AvgIpc) is 2.14. The Balaban J connectivity index is 3.24. The number of hydrogen-bond donors (Lipinski definition) is 1. The summed E-state index contributed by atoms with van der Waals surface area (Å²) in [5.74, 6) is 0.779. The van der Waals surface area contributed by atoms with Crippen LogP contribution in [0.15, 0.2) is 0 Å². The molecule has 0 aromatic rings. The third-order valence-electron chi connectivity index (χ3n) is 2.83. The molecule has 1 nitrogen and oxygen atoms in total. The summed E-state index contributed by atoms with van der Waals surface area (Å²) >= 11 is 0. The summed E-state index contributed by atoms with van der Waals surface area (Å²) in [4.78, 5) is 0. The number of aliphatic hydroxyl groups excluding tert-OH is 1. The molecule has 0 unspecified atom stereocenters. The molecule has 1 N–H and O–H groups in total. The van der Waals surface area contributed by atoms with E-state index in [1.807, 2.05) is 0 Å². The largest absolute Gasteiger partial charge is 0.393 e. The zero-order chi connectivity index (χ0) is 10.1. The molecule has 0 aliphatic rings. The highest BCUT2D eigenvalue weighted by atomic mass is 16.3. The molecule has 0 fully saturated rings. The van der Waals surface area contributed by atoms with E-state index in [1.54, 1.807) is 0 Å². The Bertz CT molecular complexity index is 101. The molecule has 2 atom stereocenters. The van der Waals surface area contributed by atoms with E-state index in [1.165, 1.54) is 32.1 Å². The highest BCUT2D eigenvalue weighted by molar-refractivity contribution is 4.59. The molecule has 0 aromatic heterocycles. The van der Waals surface area contributed by atoms with E-state index < -0.39 is 0 Å². The summed E-state index contributed by atoms with van der Waals surface area (Å²) in [7, 11) is 0. The summed E-state index contributed by atoms with van der Waals surface area (Å²) in [6.45, 7) is 6.68. The second-order valence-electron chi connectivity index (χ2n) is 4.24. The Morgan fingerprint density at radius 3 is 2.23 bits per heavy atom. The lowest BCUT2D eigenvalue weighted by atomic mass is 9.98. The molecule has 0 rings (SSSR count). The zero-order valence-corrected chi connectivity index (χ0v) is 9.55. The van der Waals surface area contributed by atoms with Gasteiger partial charge in [0.25, 0.3) is 0 Å². The Kier molecular flexibility index (Phi) is 8.53. The second-order valence-corrected chi connectivity index (χ2v) is 4.24. The SMILES string of the molecule is CCCCC[C@H](O)CC[C@@H](C)CC. The van der Waals surface area contributed by atoms with Crippen LogP contribution in [0.5, 0.6) is 0 Å². The minimum absolute atomic E-state index is 0.0412. The van der Waals surface area contributed by atoms with E-state index in [2.05, 4.69) is 20.8 Å². The standard InChI is InChI=1S/C12H26O/c1-4-6-7-8-12(13)10-9-11(3)5-2/h11-13H,4-10H2,1-3H3/t11-,12-/m0/s1. The maximum absolute atomic E-state index is 9.62. The fourth-order valence-corrected chi connectivity index (χ4v) is 1.46. The van der Waals surface area contributed by atoms with Crippen molar-refractivity contribution in [3.05, 3.63) is 0 Å². The van der Waals surface area contributed by atoms with Gasteiger partial charge in [-0.1, -0.05) is 46.5 Å². The Morgan fingerprint density at radius 2 is 1.69 bits per heavy atom. The van der Waals surface area contributed by atoms with E-state index in [4.69, 9.17) is 0 Å². The lowest BCUT2D eigenvalue weighted by molar-refractivity contribution is 0.142. The van der Waals surface area contributed by atoms with Gasteiger partial charge in [0.15, 0.2) is 0 Å². The van der Waals surface area contributed by atoms with Gasteiger partial charge in [-0.2, -0.15) is 0 Å². The highest BCUT2D eigenvalue weighted by Crippen LogP contribution is 2.14. The van der Waals surface area contributed by atoms with Crippen LogP contribution in [0.25, 0.3) is 0 Å². The first-order valence-corrected chi connectivity index (χ1v) is 5.88. The molecule has 0 heterocycles. The summed E-state index contributed by atoms with van der Waals surface area (Å²) < 4.78 is 0. The van der Waals surface area contributed by atoms with Crippen LogP contribution in [0.4, 0.5) is 0 Å². The molecule has 0 saturated carbocycles. The second kappa shape index (κ2) is 8.55. The fourth-order valence-electron chi connectivity index (χ4n) is 1.46. The van der Waals surface area contributed by atoms with Gasteiger partial charge in [-0.25, -0.2) is 0 Å². The third kappa shape index (κ3) is 8.29. The summed E-state index contributed by atoms with van der Waals surface area (Å²) in [6.07, 6.45) is 8.09. The van der Waals surface area contributed by atoms with Crippen LogP contribution in [-0.4, -0.2) is 11.2 Å². The van der Waals surface area contributed by atoms with Crippen molar-refractivity contribution in [2.24, 2.45) is 5.92 Å². The van der Waals surface area contributed by atoms with Crippen molar-refractivity contribution in [2.75, 3.05) is 0 Å². The molecule has 0 bridgehead atoms. The van der Waals surface area contributed by atoms with E-state index in [9.17, 15) is 5.11 Å². The van der Waals surface area contributed by atoms with Gasteiger partial charge in [-0.05, 0) is 25.2 Å². The molecule has 0 amide bonds. The third-order valence-corrected chi connectivity index (χ3v) is 2.83. The van der Waals surface area contributed by atoms with Crippen molar-refractivity contribution in [1.82, 2.24) is 0 Å². The van der Waals surface area contributed by atoms with Crippen LogP contribution in [0.1, 0.15) is 65.7 Å². The molecule has 13 heavy (non-hydrogen) atoms. The van der Waals surface area contributed by atoms with Crippen LogP contribution >= 0.6 is 0 Å². The molecule has 0 aliphatic heterocycles. The van der Waals surface area contributed by atoms with Gasteiger partial charge < -0.3 is 5.11 Å². The number of unbranched alkanes of at least 4 members (excludes halogenated alkanes) is 2. The van der Waals surface area contributed by atoms with E-state index in [0.29, 0.717) is 0 Å². The number of hydrogen-bond acceptors (Lipinski definition) is 1. The number of rotatable bonds is 8. The van der Waals surface area contributed by atoms with Gasteiger partial charge in [0.1, 0.15) is 0 Å². The molecule has 0 radical (unpaired) electrons. The van der Waals surface area contributed by atoms with Gasteiger partial charge >= 0.3 is 0 Å². The molecule has 80 valence electrons. The summed E-state index contributed by atoms with van der Waals surface area (Å²) in [5, 5.41) is 9.62. The predicted octanol–water partition coefficient (Wildman–Crippen LogP) is 3.75. The fraction of sp³-hybridized carbons (Fsp3) is 1.00. The van der Waals surface area contributed by atoms with Crippen LogP contribution in [0, 0.1) is 5.92 Å². The smallest absolute Gasteiger partial charge is 0.0540 e. The lowest BCUT2D eigenvalue weighted by Gasteiger charge is -2.13. The van der Waals surface area contributed by atoms with Gasteiger partial charge in [0, 0.05) is 0 Å². The first-order chi connectivity index (χ1) is 6.20. The molecular formula is C12H26O. The maximum Gasteiger partial charge on any atom is 0.0540 e. The van der Waals surface area contributed by atoms with Crippen molar-refractivity contribution in [3.8, 4) is 0 Å². The molecule has 1 heteroatoms. The van der Waals surface area contributed by atoms with Crippen molar-refractivity contribution >= 4 is 0 Å². The van der Waals surface area contributed by atoms with Crippen LogP contribution in [0.2, 0.25) is 0 Å². The maximum atomic E-state index is 9.62. The summed E-state index contributed by atoms with van der Waals surface area (Å²) in [5.41, 5.74) is 0. The molecule has 0 spiro atoms. The van der Waals surface area contributed by atoms with Crippen LogP contribution in [0.3, 0.4) is 0 Å². The van der Waals surface area contributed by atoms with E-state index in [0.717, 1.165) is 18.8 Å². The molecular weight excluding hydrogens is 160 g/mol. The minimum atomic E-state index is -0.0412. The van der Waals surface area contributed by atoms with Crippen molar-refractivity contribution in [1.29, 1.82) is 0 Å². The van der Waals surface area contributed by atoms with Gasteiger partial charge in [0.05, 0.1) is 6.10 Å². The number of aliphatic hydroxyl groups is 1. The molecule has 0 saturated heterocycles.